The lowest BCUT2D eigenvalue weighted by atomic mass is 9.80. The van der Waals surface area contributed by atoms with Crippen LogP contribution in [0.4, 0.5) is 5.69 Å². The molecule has 2 aliphatic rings. The molecular weight excluding hydrogens is 450 g/mol. The quantitative estimate of drug-likeness (QED) is 0.170. The second kappa shape index (κ2) is 12.1. The number of aliphatic hydroxyl groups is 1. The number of aliphatic hydroxyl groups excluding tert-OH is 1. The van der Waals surface area contributed by atoms with E-state index in [9.17, 15) is 20.0 Å². The van der Waals surface area contributed by atoms with Crippen molar-refractivity contribution < 1.29 is 24.3 Å². The van der Waals surface area contributed by atoms with Gasteiger partial charge in [-0.25, -0.2) is 4.79 Å². The van der Waals surface area contributed by atoms with E-state index < -0.39 is 23.1 Å². The Labute approximate surface area is 206 Å². The molecule has 0 spiro atoms. The van der Waals surface area contributed by atoms with Crippen LogP contribution in [0.2, 0.25) is 0 Å². The van der Waals surface area contributed by atoms with Gasteiger partial charge in [-0.15, -0.1) is 0 Å². The fourth-order valence-electron chi connectivity index (χ4n) is 4.82. The summed E-state index contributed by atoms with van der Waals surface area (Å²) in [4.78, 5) is 25.8. The highest BCUT2D eigenvalue weighted by molar-refractivity contribution is 5.92. The number of allylic oxidation sites excluding steroid dienone is 3. The first-order valence-corrected chi connectivity index (χ1v) is 11.9. The Hall–Kier alpha value is -3.01. The molecule has 190 valence electrons. The summed E-state index contributed by atoms with van der Waals surface area (Å²) in [5.74, 6) is -0.812. The summed E-state index contributed by atoms with van der Waals surface area (Å²) in [5, 5.41) is 25.6. The standard InChI is InChI=1S/C26H35N3O6/c1-17-22(25(30)34-4)24(20-11-8-12-21(15-20)29(32)33)23(18(2)27-17)26(31)35-14-13-28(3)16-19-9-6-5-7-10-19/h6,8-9,11-12,15,19,24,26-27,31H,5,7,10,13-14,16H2,1-4H3/t19?,24-,26?/m1/s1. The number of non-ortho nitro benzene ring substituents is 1. The van der Waals surface area contributed by atoms with E-state index in [0.29, 0.717) is 35.0 Å². The lowest BCUT2D eigenvalue weighted by molar-refractivity contribution is -0.384. The zero-order valence-corrected chi connectivity index (χ0v) is 20.8. The average Bonchev–Trinajstić information content (AvgIpc) is 2.83. The van der Waals surface area contributed by atoms with Gasteiger partial charge in [0.2, 0.25) is 0 Å². The Kier molecular flexibility index (Phi) is 9.20. The molecular formula is C26H35N3O6. The smallest absolute Gasteiger partial charge is 0.336 e. The number of dihydropyridines is 1. The van der Waals surface area contributed by atoms with E-state index in [1.807, 2.05) is 7.05 Å². The second-order valence-electron chi connectivity index (χ2n) is 9.13. The summed E-state index contributed by atoms with van der Waals surface area (Å²) >= 11 is 0. The molecule has 1 aromatic carbocycles. The maximum atomic E-state index is 12.7. The topological polar surface area (TPSA) is 114 Å². The summed E-state index contributed by atoms with van der Waals surface area (Å²) in [6.45, 7) is 5.35. The van der Waals surface area contributed by atoms with Crippen molar-refractivity contribution in [2.24, 2.45) is 5.92 Å². The van der Waals surface area contributed by atoms with Crippen LogP contribution in [0.3, 0.4) is 0 Å². The third-order valence-electron chi connectivity index (χ3n) is 6.55. The van der Waals surface area contributed by atoms with Crippen LogP contribution >= 0.6 is 0 Å². The highest BCUT2D eigenvalue weighted by Crippen LogP contribution is 2.41. The van der Waals surface area contributed by atoms with Crippen molar-refractivity contribution in [3.8, 4) is 0 Å². The number of nitrogens with zero attached hydrogens (tertiary/aromatic N) is 2. The summed E-state index contributed by atoms with van der Waals surface area (Å²) in [6.07, 6.45) is 6.71. The summed E-state index contributed by atoms with van der Waals surface area (Å²) in [7, 11) is 3.31. The minimum atomic E-state index is -1.32. The first-order valence-electron chi connectivity index (χ1n) is 11.9. The van der Waals surface area contributed by atoms with Crippen LogP contribution in [-0.4, -0.2) is 61.0 Å². The van der Waals surface area contributed by atoms with Crippen LogP contribution in [0.15, 0.2) is 59.0 Å². The number of nitro benzene ring substituents is 1. The van der Waals surface area contributed by atoms with Crippen LogP contribution in [0.1, 0.15) is 44.6 Å². The minimum absolute atomic E-state index is 0.103. The minimum Gasteiger partial charge on any atom is -0.466 e. The molecule has 0 saturated heterocycles. The molecule has 3 atom stereocenters. The van der Waals surface area contributed by atoms with E-state index in [4.69, 9.17) is 9.47 Å². The molecule has 0 aromatic heterocycles. The molecule has 1 aromatic rings. The molecule has 1 heterocycles. The van der Waals surface area contributed by atoms with Crippen molar-refractivity contribution >= 4 is 11.7 Å². The molecule has 9 nitrogen and oxygen atoms in total. The molecule has 35 heavy (non-hydrogen) atoms. The molecule has 0 amide bonds. The maximum Gasteiger partial charge on any atom is 0.336 e. The van der Waals surface area contributed by atoms with Gasteiger partial charge in [0.05, 0.1) is 24.2 Å². The number of hydrogen-bond donors (Lipinski definition) is 2. The number of likely N-dealkylation sites (N-methyl/N-ethyl adjacent to an activating group) is 1. The Morgan fingerprint density at radius 1 is 1.34 bits per heavy atom. The first-order chi connectivity index (χ1) is 16.7. The molecule has 0 saturated carbocycles. The number of esters is 1. The number of carbonyl (C=O) groups excluding carboxylic acids is 1. The van der Waals surface area contributed by atoms with Gasteiger partial charge in [-0.05, 0) is 51.6 Å². The molecule has 9 heteroatoms. The van der Waals surface area contributed by atoms with Crippen LogP contribution < -0.4 is 5.32 Å². The van der Waals surface area contributed by atoms with Crippen molar-refractivity contribution in [3.05, 3.63) is 74.6 Å². The SMILES string of the molecule is COC(=O)C1=C(C)NC(C)=C(C(O)OCCN(C)CC2C=CCCC2)[C@@H]1c1cccc([N+](=O)[O-])c1. The van der Waals surface area contributed by atoms with Gasteiger partial charge in [-0.1, -0.05) is 24.3 Å². The van der Waals surface area contributed by atoms with Crippen molar-refractivity contribution in [2.45, 2.75) is 45.3 Å². The Morgan fingerprint density at radius 3 is 2.77 bits per heavy atom. The van der Waals surface area contributed by atoms with Crippen LogP contribution in [0.5, 0.6) is 0 Å². The highest BCUT2D eigenvalue weighted by Gasteiger charge is 2.37. The Morgan fingerprint density at radius 2 is 2.11 bits per heavy atom. The molecule has 0 fully saturated rings. The van der Waals surface area contributed by atoms with Crippen LogP contribution in [-0.2, 0) is 14.3 Å². The number of hydrogen-bond acceptors (Lipinski definition) is 8. The Balaban J connectivity index is 1.80. The largest absolute Gasteiger partial charge is 0.466 e. The molecule has 2 N–H and O–H groups in total. The monoisotopic (exact) mass is 485 g/mol. The fraction of sp³-hybridized carbons (Fsp3) is 0.500. The normalized spacial score (nSPS) is 21.2. The van der Waals surface area contributed by atoms with E-state index in [-0.39, 0.29) is 17.9 Å². The van der Waals surface area contributed by atoms with E-state index in [1.165, 1.54) is 32.1 Å². The third kappa shape index (κ3) is 6.56. The van der Waals surface area contributed by atoms with Crippen molar-refractivity contribution in [2.75, 3.05) is 33.9 Å². The summed E-state index contributed by atoms with van der Waals surface area (Å²) < 4.78 is 10.8. The number of carbonyl (C=O) groups is 1. The molecule has 1 aliphatic heterocycles. The van der Waals surface area contributed by atoms with E-state index in [2.05, 4.69) is 22.4 Å². The predicted molar refractivity (Wildman–Crippen MR) is 132 cm³/mol. The van der Waals surface area contributed by atoms with Gasteiger partial charge in [-0.2, -0.15) is 0 Å². The van der Waals surface area contributed by atoms with E-state index in [0.717, 1.165) is 13.0 Å². The predicted octanol–water partition coefficient (Wildman–Crippen LogP) is 3.63. The molecule has 0 bridgehead atoms. The van der Waals surface area contributed by atoms with Crippen molar-refractivity contribution in [3.63, 3.8) is 0 Å². The van der Waals surface area contributed by atoms with Crippen LogP contribution in [0, 0.1) is 16.0 Å². The van der Waals surface area contributed by atoms with Gasteiger partial charge in [0.15, 0.2) is 6.29 Å². The molecule has 2 unspecified atom stereocenters. The maximum absolute atomic E-state index is 12.7. The van der Waals surface area contributed by atoms with Crippen molar-refractivity contribution in [1.82, 2.24) is 10.2 Å². The fourth-order valence-corrected chi connectivity index (χ4v) is 4.82. The zero-order valence-electron chi connectivity index (χ0n) is 20.8. The zero-order chi connectivity index (χ0) is 25.5. The number of benzene rings is 1. The number of methoxy groups -OCH3 is 1. The summed E-state index contributed by atoms with van der Waals surface area (Å²) in [5.41, 5.74) is 2.28. The van der Waals surface area contributed by atoms with Gasteiger partial charge in [0.25, 0.3) is 5.69 Å². The number of nitrogens with one attached hydrogen (secondary N) is 1. The van der Waals surface area contributed by atoms with E-state index >= 15 is 0 Å². The number of rotatable bonds is 10. The number of nitro groups is 1. The van der Waals surface area contributed by atoms with E-state index in [1.54, 1.807) is 26.0 Å². The van der Waals surface area contributed by atoms with Gasteiger partial charge in [0, 0.05) is 48.1 Å². The first kappa shape index (κ1) is 26.6. The number of ether oxygens (including phenoxy) is 2. The van der Waals surface area contributed by atoms with Gasteiger partial charge < -0.3 is 24.8 Å². The van der Waals surface area contributed by atoms with Gasteiger partial charge in [-0.3, -0.25) is 10.1 Å². The summed E-state index contributed by atoms with van der Waals surface area (Å²) in [6, 6.07) is 6.07. The lowest BCUT2D eigenvalue weighted by Crippen LogP contribution is -2.35. The van der Waals surface area contributed by atoms with Gasteiger partial charge in [0.1, 0.15) is 0 Å². The molecule has 1 aliphatic carbocycles. The lowest BCUT2D eigenvalue weighted by Gasteiger charge is -2.33. The highest BCUT2D eigenvalue weighted by atomic mass is 16.6. The second-order valence-corrected chi connectivity index (χ2v) is 9.13. The third-order valence-corrected chi connectivity index (χ3v) is 6.55. The average molecular weight is 486 g/mol. The Bertz CT molecular complexity index is 1030. The van der Waals surface area contributed by atoms with Crippen molar-refractivity contribution in [1.29, 1.82) is 0 Å². The molecule has 3 rings (SSSR count). The molecule has 0 radical (unpaired) electrons. The van der Waals surface area contributed by atoms with Gasteiger partial charge >= 0.3 is 5.97 Å². The van der Waals surface area contributed by atoms with Crippen LogP contribution in [0.25, 0.3) is 0 Å².